The summed E-state index contributed by atoms with van der Waals surface area (Å²) < 4.78 is 10.9. The predicted octanol–water partition coefficient (Wildman–Crippen LogP) is 4.37. The summed E-state index contributed by atoms with van der Waals surface area (Å²) in [4.78, 5) is 12.1. The fraction of sp³-hybridized carbons (Fsp3) is 0.278. The fourth-order valence-corrected chi connectivity index (χ4v) is 2.40. The van der Waals surface area contributed by atoms with Crippen LogP contribution in [0.1, 0.15) is 26.7 Å². The lowest BCUT2D eigenvalue weighted by molar-refractivity contribution is -0.119. The summed E-state index contributed by atoms with van der Waals surface area (Å²) in [5.74, 6) is 1.20. The number of anilines is 1. The van der Waals surface area contributed by atoms with Crippen LogP contribution < -0.4 is 5.32 Å². The number of carbonyl (C=O) groups excluding carboxylic acids is 1. The van der Waals surface area contributed by atoms with E-state index in [4.69, 9.17) is 8.83 Å². The van der Waals surface area contributed by atoms with Crippen LogP contribution in [0.4, 0.5) is 5.69 Å². The lowest BCUT2D eigenvalue weighted by atomic mass is 10.1. The third-order valence-electron chi connectivity index (χ3n) is 3.70. The van der Waals surface area contributed by atoms with Crippen LogP contribution in [-0.4, -0.2) is 16.1 Å². The number of nitrogens with zero attached hydrogens (tertiary/aromatic N) is 2. The van der Waals surface area contributed by atoms with E-state index >= 15 is 0 Å². The van der Waals surface area contributed by atoms with Gasteiger partial charge >= 0.3 is 0 Å². The van der Waals surface area contributed by atoms with Gasteiger partial charge < -0.3 is 14.2 Å². The summed E-state index contributed by atoms with van der Waals surface area (Å²) in [6.07, 6.45) is 3.39. The van der Waals surface area contributed by atoms with Crippen molar-refractivity contribution >= 4 is 11.6 Å². The second-order valence-corrected chi connectivity index (χ2v) is 5.65. The van der Waals surface area contributed by atoms with E-state index in [2.05, 4.69) is 22.4 Å². The maximum atomic E-state index is 12.1. The maximum Gasteiger partial charge on any atom is 0.283 e. The van der Waals surface area contributed by atoms with Crippen LogP contribution in [0.3, 0.4) is 0 Å². The Kier molecular flexibility index (Phi) is 4.74. The minimum Gasteiger partial charge on any atom is -0.459 e. The molecule has 3 rings (SSSR count). The van der Waals surface area contributed by atoms with E-state index in [9.17, 15) is 4.79 Å². The van der Waals surface area contributed by atoms with Crippen LogP contribution in [0.25, 0.3) is 23.1 Å². The first-order valence-corrected chi connectivity index (χ1v) is 7.96. The molecule has 0 aliphatic rings. The molecule has 0 aliphatic carbocycles. The van der Waals surface area contributed by atoms with Gasteiger partial charge in [-0.15, -0.1) is 10.2 Å². The Morgan fingerprint density at radius 2 is 2.04 bits per heavy atom. The lowest BCUT2D eigenvalue weighted by Crippen LogP contribution is -2.20. The highest BCUT2D eigenvalue weighted by atomic mass is 16.4. The van der Waals surface area contributed by atoms with Gasteiger partial charge in [-0.05, 0) is 36.8 Å². The summed E-state index contributed by atoms with van der Waals surface area (Å²) in [5.41, 5.74) is 1.44. The molecule has 0 saturated heterocycles. The highest BCUT2D eigenvalue weighted by molar-refractivity contribution is 5.92. The molecule has 24 heavy (non-hydrogen) atoms. The third-order valence-corrected chi connectivity index (χ3v) is 3.70. The van der Waals surface area contributed by atoms with Gasteiger partial charge in [0.15, 0.2) is 5.76 Å². The Morgan fingerprint density at radius 1 is 1.21 bits per heavy atom. The van der Waals surface area contributed by atoms with Crippen LogP contribution in [0.5, 0.6) is 0 Å². The molecule has 1 unspecified atom stereocenters. The van der Waals surface area contributed by atoms with E-state index in [0.29, 0.717) is 23.2 Å². The van der Waals surface area contributed by atoms with Crippen molar-refractivity contribution in [2.24, 2.45) is 5.92 Å². The molecule has 1 atom stereocenters. The number of hydrogen-bond acceptors (Lipinski definition) is 5. The van der Waals surface area contributed by atoms with Gasteiger partial charge in [-0.25, -0.2) is 0 Å². The van der Waals surface area contributed by atoms with Crippen molar-refractivity contribution in [2.75, 3.05) is 5.32 Å². The summed E-state index contributed by atoms with van der Waals surface area (Å²) in [6.45, 7) is 3.99. The van der Waals surface area contributed by atoms with E-state index in [1.165, 1.54) is 0 Å². The predicted molar refractivity (Wildman–Crippen MR) is 90.1 cm³/mol. The Labute approximate surface area is 139 Å². The Balaban J connectivity index is 1.77. The zero-order chi connectivity index (χ0) is 16.9. The molecule has 2 heterocycles. The van der Waals surface area contributed by atoms with Crippen molar-refractivity contribution in [1.29, 1.82) is 0 Å². The molecule has 0 saturated carbocycles. The highest BCUT2D eigenvalue weighted by Gasteiger charge is 2.15. The molecule has 2 aromatic heterocycles. The zero-order valence-corrected chi connectivity index (χ0v) is 13.7. The number of aromatic nitrogens is 2. The fourth-order valence-electron chi connectivity index (χ4n) is 2.40. The molecule has 0 spiro atoms. The standard InChI is InChI=1S/C18H19N3O3/c1-3-6-12(2)16(22)19-14-8-4-7-13(11-14)17-20-21-18(24-17)15-9-5-10-23-15/h4-5,7-12H,3,6H2,1-2H3,(H,19,22). The third kappa shape index (κ3) is 3.53. The van der Waals surface area contributed by atoms with Gasteiger partial charge in [0, 0.05) is 17.2 Å². The minimum absolute atomic E-state index is 0.0100. The molecule has 124 valence electrons. The average Bonchev–Trinajstić information content (AvgIpc) is 3.26. The summed E-state index contributed by atoms with van der Waals surface area (Å²) in [7, 11) is 0. The van der Waals surface area contributed by atoms with E-state index in [0.717, 1.165) is 18.4 Å². The first kappa shape index (κ1) is 16.0. The molecule has 1 N–H and O–H groups in total. The molecule has 0 bridgehead atoms. The van der Waals surface area contributed by atoms with Gasteiger partial charge in [0.05, 0.1) is 6.26 Å². The SMILES string of the molecule is CCCC(C)C(=O)Nc1cccc(-c2nnc(-c3ccco3)o2)c1. The van der Waals surface area contributed by atoms with Crippen LogP contribution in [0, 0.1) is 5.92 Å². The summed E-state index contributed by atoms with van der Waals surface area (Å²) in [6, 6.07) is 10.9. The molecule has 0 fully saturated rings. The largest absolute Gasteiger partial charge is 0.459 e. The van der Waals surface area contributed by atoms with Gasteiger partial charge in [-0.1, -0.05) is 26.3 Å². The number of furan rings is 1. The van der Waals surface area contributed by atoms with Gasteiger partial charge in [-0.2, -0.15) is 0 Å². The molecule has 6 heteroatoms. The van der Waals surface area contributed by atoms with Crippen molar-refractivity contribution in [3.8, 4) is 23.1 Å². The minimum atomic E-state index is -0.0207. The van der Waals surface area contributed by atoms with E-state index in [-0.39, 0.29) is 11.8 Å². The Morgan fingerprint density at radius 3 is 2.79 bits per heavy atom. The van der Waals surface area contributed by atoms with Crippen LogP contribution >= 0.6 is 0 Å². The van der Waals surface area contributed by atoms with Crippen molar-refractivity contribution in [1.82, 2.24) is 10.2 Å². The van der Waals surface area contributed by atoms with Gasteiger partial charge in [-0.3, -0.25) is 4.79 Å². The van der Waals surface area contributed by atoms with Gasteiger partial charge in [0.1, 0.15) is 0 Å². The number of amides is 1. The quantitative estimate of drug-likeness (QED) is 0.727. The second-order valence-electron chi connectivity index (χ2n) is 5.65. The molecule has 1 amide bonds. The molecular weight excluding hydrogens is 306 g/mol. The molecule has 0 aliphatic heterocycles. The maximum absolute atomic E-state index is 12.1. The van der Waals surface area contributed by atoms with E-state index < -0.39 is 0 Å². The highest BCUT2D eigenvalue weighted by Crippen LogP contribution is 2.26. The molecule has 0 radical (unpaired) electrons. The van der Waals surface area contributed by atoms with Crippen molar-refractivity contribution in [3.05, 3.63) is 42.7 Å². The first-order valence-electron chi connectivity index (χ1n) is 7.96. The average molecular weight is 325 g/mol. The topological polar surface area (TPSA) is 81.2 Å². The van der Waals surface area contributed by atoms with Crippen molar-refractivity contribution < 1.29 is 13.6 Å². The summed E-state index contributed by atoms with van der Waals surface area (Å²) >= 11 is 0. The van der Waals surface area contributed by atoms with Crippen LogP contribution in [-0.2, 0) is 4.79 Å². The van der Waals surface area contributed by atoms with E-state index in [1.54, 1.807) is 18.4 Å². The second kappa shape index (κ2) is 7.12. The number of nitrogens with one attached hydrogen (secondary N) is 1. The Hall–Kier alpha value is -2.89. The molecule has 1 aromatic carbocycles. The van der Waals surface area contributed by atoms with Gasteiger partial charge in [0.25, 0.3) is 5.89 Å². The van der Waals surface area contributed by atoms with Crippen molar-refractivity contribution in [3.63, 3.8) is 0 Å². The zero-order valence-electron chi connectivity index (χ0n) is 13.7. The van der Waals surface area contributed by atoms with Crippen molar-refractivity contribution in [2.45, 2.75) is 26.7 Å². The summed E-state index contributed by atoms with van der Waals surface area (Å²) in [5, 5.41) is 10.9. The number of rotatable bonds is 6. The van der Waals surface area contributed by atoms with E-state index in [1.807, 2.05) is 31.2 Å². The smallest absolute Gasteiger partial charge is 0.283 e. The van der Waals surface area contributed by atoms with Crippen LogP contribution in [0.2, 0.25) is 0 Å². The molecular formula is C18H19N3O3. The Bertz CT molecular complexity index is 809. The monoisotopic (exact) mass is 325 g/mol. The van der Waals surface area contributed by atoms with Crippen LogP contribution in [0.15, 0.2) is 51.5 Å². The molecule has 3 aromatic rings. The number of benzene rings is 1. The number of hydrogen-bond donors (Lipinski definition) is 1. The molecule has 6 nitrogen and oxygen atoms in total. The lowest BCUT2D eigenvalue weighted by Gasteiger charge is -2.11. The number of carbonyl (C=O) groups is 1. The first-order chi connectivity index (χ1) is 11.7. The van der Waals surface area contributed by atoms with Gasteiger partial charge in [0.2, 0.25) is 11.8 Å². The normalized spacial score (nSPS) is 12.1.